The number of rotatable bonds is 20. The number of aliphatic hydroxyl groups excluding tert-OH is 1. The molecule has 4 aliphatic heterocycles. The second-order valence-electron chi connectivity index (χ2n) is 20.8. The summed E-state index contributed by atoms with van der Waals surface area (Å²) in [4.78, 5) is 87.1. The molecule has 4 atom stereocenters. The van der Waals surface area contributed by atoms with Gasteiger partial charge in [0.25, 0.3) is 6.47 Å². The van der Waals surface area contributed by atoms with Gasteiger partial charge in [-0.25, -0.2) is 33.5 Å². The van der Waals surface area contributed by atoms with Crippen molar-refractivity contribution in [2.24, 2.45) is 33.2 Å². The molecule has 0 aromatic heterocycles. The Bertz CT molecular complexity index is 3940. The van der Waals surface area contributed by atoms with E-state index in [2.05, 4.69) is 82.0 Å². The molecule has 4 heterocycles. The predicted molar refractivity (Wildman–Crippen MR) is 441 cm³/mol. The third-order valence-electron chi connectivity index (χ3n) is 12.8. The Balaban J connectivity index is -0.000000190. The first-order valence-electron chi connectivity index (χ1n) is 31.7. The van der Waals surface area contributed by atoms with E-state index in [1.807, 2.05) is 134 Å². The van der Waals surface area contributed by atoms with Crippen molar-refractivity contribution in [3.63, 3.8) is 0 Å². The van der Waals surface area contributed by atoms with E-state index in [1.165, 1.54) is 30.5 Å². The van der Waals surface area contributed by atoms with Gasteiger partial charge in [0.05, 0.1) is 68.5 Å². The van der Waals surface area contributed by atoms with Gasteiger partial charge in [-0.3, -0.25) is 14.4 Å². The normalized spacial score (nSPS) is 13.9. The maximum absolute atomic E-state index is 11.8. The van der Waals surface area contributed by atoms with Gasteiger partial charge < -0.3 is 81.2 Å². The van der Waals surface area contributed by atoms with E-state index in [-0.39, 0.29) is 206 Å². The number of phenols is 1. The summed E-state index contributed by atoms with van der Waals surface area (Å²) in [7, 11) is 1.31. The van der Waals surface area contributed by atoms with E-state index in [0.717, 1.165) is 74.4 Å². The number of halogens is 4. The van der Waals surface area contributed by atoms with Crippen LogP contribution in [0, 0.1) is 46.5 Å². The molecule has 5 aromatic carbocycles. The third kappa shape index (κ3) is 52.6. The van der Waals surface area contributed by atoms with Crippen LogP contribution < -0.4 is 162 Å². The van der Waals surface area contributed by atoms with Crippen LogP contribution in [0.4, 0.5) is 0 Å². The SMILES string of the molecule is CCOC(=O)/C=C/CBr.CCOC(=O)/C=C/COc1ccc(C)cc1/C=N/O.CCOC(=O)/C=C/COc1ccc(C)cc1C=O.CCOC(=O)C1ON=C2c3cc(C)ccc3OCC21.CS(=O)(=O)Cl.Cc1ccc(O)c(C=O)c1.Cc1ccc2c(c1)C1=NOC(CO)C1CO2.NO.O=CO[O-].S=CI.S=CI.[B].[H-].[H-].[K+].[K+].[Na+]. The summed E-state index contributed by atoms with van der Waals surface area (Å²) in [6, 6.07) is 27.7. The smallest absolute Gasteiger partial charge is 1.00 e. The van der Waals surface area contributed by atoms with Crippen molar-refractivity contribution in [3.05, 3.63) is 183 Å². The fourth-order valence-corrected chi connectivity index (χ4v) is 8.67. The number of fused-ring (bicyclic) bond motifs is 6. The molecule has 6 N–H and O–H groups in total. The molecule has 599 valence electrons. The summed E-state index contributed by atoms with van der Waals surface area (Å²) in [5, 5.41) is 53.5. The number of aryl methyl sites for hydroxylation is 5. The molecular formula is C72H89BBrClI2K2N4NaO25S3. The Morgan fingerprint density at radius 3 is 1.39 bits per heavy atom. The molecule has 0 bridgehead atoms. The standard InChI is InChI=1S/C14H15NO4.C14H17NO4.C14H16O4.C12H13NO3.C8H8O2.C6H9BrO2.CH3ClO2S.2CHIS.CH2O3.B.2K.H3NO.Na.2H/c1-3-17-14(16)13-10-7-18-11-5-4-8(2)6-9(11)12(10)15-19-13;1-3-18-14(16)5-4-8-19-13-7-6-11(2)9-12(13)10-15-17;1-3-17-14(16)5-4-8-18-13-7-6-11(2)9-12(13)10-15;1-7-2-3-10-8(4-7)12-9(6-15-10)11(5-14)16-13-12;1-6-2-3-8(10)7(4-6)5-9;1-2-9-6(8)4-3-5-7;1-5(2,3)4;2*2-1-3;2-1-4-3;;;;1-2;;;/h4-6,10,13H,3,7H2,1-2H3;4-7,9-10,17H,3,8H2,1-2H3;4-7,9-10H,3,8H2,1-2H3;2-4,9,11,14H,5-6H2,1H3;2-5,10H,1H3;3-4H,2,5H2,1H3;1H3;2*1H;1,3H;;;;2H,1H2;;;/q;;;;;;;;;;;2*+1;;+1;2*-1/p-1/b;5-4+,15-10+;5-4+;;;4-3+;;;;;;;;;;;. The minimum absolute atomic E-state index is 0. The maximum atomic E-state index is 11.8. The van der Waals surface area contributed by atoms with Crippen molar-refractivity contribution in [1.82, 2.24) is 0 Å². The monoisotopic (exact) mass is 1990 g/mol. The van der Waals surface area contributed by atoms with Gasteiger partial charge in [0, 0.05) is 66.1 Å². The molecule has 0 fully saturated rings. The number of phenolic OH excluding ortho intramolecular Hbond substituents is 1. The van der Waals surface area contributed by atoms with Crippen LogP contribution in [-0.4, -0.2) is 188 Å². The summed E-state index contributed by atoms with van der Waals surface area (Å²) in [6.45, 7) is 19.4. The third-order valence-corrected chi connectivity index (χ3v) is 13.2. The van der Waals surface area contributed by atoms with Gasteiger partial charge in [-0.2, -0.15) is 0 Å². The van der Waals surface area contributed by atoms with Crippen LogP contribution in [-0.2, 0) is 66.5 Å². The van der Waals surface area contributed by atoms with Crippen LogP contribution in [0.5, 0.6) is 28.7 Å². The number of esters is 4. The number of aromatic hydroxyl groups is 1. The zero-order valence-corrected chi connectivity index (χ0v) is 81.4. The average Bonchev–Trinajstić information content (AvgIpc) is 1.61. The number of alkyl halides is 1. The van der Waals surface area contributed by atoms with Crippen molar-refractivity contribution in [2.75, 3.05) is 71.0 Å². The molecule has 29 nitrogen and oxygen atoms in total. The van der Waals surface area contributed by atoms with Crippen LogP contribution in [0.3, 0.4) is 0 Å². The Kier molecular flexibility index (Phi) is 77.8. The molecule has 0 amide bonds. The van der Waals surface area contributed by atoms with Crippen molar-refractivity contribution < 1.29 is 256 Å². The van der Waals surface area contributed by atoms with E-state index >= 15 is 0 Å². The van der Waals surface area contributed by atoms with Crippen molar-refractivity contribution in [3.8, 4) is 28.7 Å². The van der Waals surface area contributed by atoms with E-state index in [1.54, 1.807) is 83.0 Å². The molecule has 4 unspecified atom stereocenters. The summed E-state index contributed by atoms with van der Waals surface area (Å²) >= 11 is 15.6. The zero-order chi connectivity index (χ0) is 82.0. The van der Waals surface area contributed by atoms with E-state index < -0.39 is 27.1 Å². The second kappa shape index (κ2) is 73.3. The van der Waals surface area contributed by atoms with Gasteiger partial charge in [-0.15, -0.1) is 0 Å². The molecule has 40 heteroatoms. The Morgan fingerprint density at radius 2 is 1.01 bits per heavy atom. The maximum Gasteiger partial charge on any atom is 1.00 e. The molecule has 0 aliphatic carbocycles. The van der Waals surface area contributed by atoms with Crippen molar-refractivity contribution in [2.45, 2.75) is 74.5 Å². The summed E-state index contributed by atoms with van der Waals surface area (Å²) in [5.74, 6) is 4.67. The number of benzene rings is 5. The minimum atomic E-state index is -3.19. The Labute approximate surface area is 815 Å². The number of nitrogens with zero attached hydrogens (tertiary/aromatic N) is 3. The average molecular weight is 1990 g/mol. The number of ether oxygens (including phenoxy) is 8. The quantitative estimate of drug-likeness (QED) is 0.00593. The number of carbonyl (C=O) groups excluding carboxylic acids is 7. The van der Waals surface area contributed by atoms with Gasteiger partial charge in [0.1, 0.15) is 66.6 Å². The van der Waals surface area contributed by atoms with Gasteiger partial charge in [-0.1, -0.05) is 120 Å². The van der Waals surface area contributed by atoms with E-state index in [0.29, 0.717) is 79.4 Å². The molecule has 0 spiro atoms. The van der Waals surface area contributed by atoms with Crippen LogP contribution in [0.2, 0.25) is 0 Å². The summed E-state index contributed by atoms with van der Waals surface area (Å²) < 4.78 is 63.1. The number of allylic oxidation sites excluding steroid dienone is 1. The van der Waals surface area contributed by atoms with Crippen LogP contribution in [0.25, 0.3) is 0 Å². The summed E-state index contributed by atoms with van der Waals surface area (Å²) in [5.41, 5.74) is 10.4. The Hall–Kier alpha value is -4.04. The first-order valence-corrected chi connectivity index (χ1v) is 39.0. The molecule has 3 radical (unpaired) electrons. The molecule has 0 saturated heterocycles. The number of nitrogens with two attached hydrogens (primary N) is 1. The second-order valence-corrected chi connectivity index (χ2v) is 27.9. The summed E-state index contributed by atoms with van der Waals surface area (Å²) in [6.07, 6.45) is 11.5. The number of aliphatic hydroxyl groups is 1. The number of thiocarbonyl (C=S) groups is 2. The van der Waals surface area contributed by atoms with Crippen molar-refractivity contribution in [1.29, 1.82) is 0 Å². The van der Waals surface area contributed by atoms with Gasteiger partial charge >= 0.3 is 156 Å². The Morgan fingerprint density at radius 1 is 0.652 bits per heavy atom. The number of aldehydes is 2. The molecule has 112 heavy (non-hydrogen) atoms. The number of carbonyl (C=O) groups is 7. The minimum Gasteiger partial charge on any atom is -1.00 e. The van der Waals surface area contributed by atoms with Gasteiger partial charge in [0.15, 0.2) is 18.7 Å². The zero-order valence-electron chi connectivity index (χ0n) is 66.1. The van der Waals surface area contributed by atoms with Crippen LogP contribution >= 0.6 is 96.2 Å². The van der Waals surface area contributed by atoms with E-state index in [4.69, 9.17) is 73.5 Å². The van der Waals surface area contributed by atoms with Gasteiger partial charge in [0.2, 0.25) is 15.2 Å². The number of hydrogen-bond donors (Lipinski definition) is 5. The van der Waals surface area contributed by atoms with Crippen LogP contribution in [0.15, 0.2) is 143 Å². The molecular weight excluding hydrogens is 1900 g/mol. The van der Waals surface area contributed by atoms with E-state index in [9.17, 15) is 37.2 Å². The number of hydrogen-bond acceptors (Lipinski definition) is 31. The topological polar surface area (TPSA) is 422 Å². The first kappa shape index (κ1) is 119. The fraction of sp³-hybridized carbons (Fsp3) is 0.333. The molecule has 0 saturated carbocycles. The van der Waals surface area contributed by atoms with Crippen molar-refractivity contribution >= 4 is 181 Å². The molecule has 5 aromatic rings. The predicted octanol–water partition coefficient (Wildman–Crippen LogP) is 1.96. The van der Waals surface area contributed by atoms with Gasteiger partial charge in [-0.05, 0) is 180 Å². The van der Waals surface area contributed by atoms with Crippen LogP contribution in [0.1, 0.15) is 95.8 Å². The molecule has 4 aliphatic rings. The fourth-order valence-electron chi connectivity index (χ4n) is 8.48. The number of oxime groups is 3. The largest absolute Gasteiger partial charge is 1.00 e. The molecule has 9 rings (SSSR count). The first-order chi connectivity index (χ1) is 51.6.